The molecule has 2 heterocycles. The Kier molecular flexibility index (Phi) is 7.35. The summed E-state index contributed by atoms with van der Waals surface area (Å²) in [6.45, 7) is 6.75. The lowest BCUT2D eigenvalue weighted by molar-refractivity contribution is -0.129. The van der Waals surface area contributed by atoms with Crippen LogP contribution >= 0.6 is 11.3 Å². The van der Waals surface area contributed by atoms with E-state index in [2.05, 4.69) is 0 Å². The van der Waals surface area contributed by atoms with Crippen molar-refractivity contribution in [1.29, 1.82) is 0 Å². The van der Waals surface area contributed by atoms with Crippen molar-refractivity contribution in [3.8, 4) is 11.5 Å². The Morgan fingerprint density at radius 3 is 2.68 bits per heavy atom. The summed E-state index contributed by atoms with van der Waals surface area (Å²) in [6.07, 6.45) is 0.614. The molecule has 7 nitrogen and oxygen atoms in total. The minimum atomic E-state index is -0.791. The Morgan fingerprint density at radius 1 is 1.26 bits per heavy atom. The third-order valence-corrected chi connectivity index (χ3v) is 5.76. The number of phenolic OH excluding ortho intramolecular Hbond substituents is 1. The lowest BCUT2D eigenvalue weighted by atomic mass is 9.95. The van der Waals surface area contributed by atoms with Gasteiger partial charge in [-0.05, 0) is 56.3 Å². The highest BCUT2D eigenvalue weighted by molar-refractivity contribution is 7.12. The molecule has 166 valence electrons. The lowest BCUT2D eigenvalue weighted by Gasteiger charge is -2.27. The Hall–Kier alpha value is -2.84. The van der Waals surface area contributed by atoms with E-state index in [1.54, 1.807) is 36.6 Å². The number of carbonyl (C=O) groups excluding carboxylic acids is 2. The molecule has 0 unspecified atom stereocenters. The second kappa shape index (κ2) is 9.98. The molecule has 1 atom stereocenters. The average Bonchev–Trinajstić information content (AvgIpc) is 3.35. The summed E-state index contributed by atoms with van der Waals surface area (Å²) >= 11 is 1.25. The van der Waals surface area contributed by atoms with E-state index in [0.717, 1.165) is 0 Å². The minimum Gasteiger partial charge on any atom is -0.504 e. The Labute approximate surface area is 185 Å². The van der Waals surface area contributed by atoms with Gasteiger partial charge in [0.2, 0.25) is 5.78 Å². The van der Waals surface area contributed by atoms with Gasteiger partial charge in [-0.15, -0.1) is 11.3 Å². The molecule has 0 aliphatic carbocycles. The molecule has 0 spiro atoms. The summed E-state index contributed by atoms with van der Waals surface area (Å²) in [7, 11) is 0. The molecule has 3 rings (SSSR count). The number of hydrogen-bond acceptors (Lipinski definition) is 7. The molecule has 2 N–H and O–H groups in total. The van der Waals surface area contributed by atoms with Gasteiger partial charge in [0.15, 0.2) is 17.3 Å². The molecule has 0 saturated carbocycles. The normalized spacial score (nSPS) is 16.5. The van der Waals surface area contributed by atoms with Gasteiger partial charge < -0.3 is 24.6 Å². The molecule has 1 amide bonds. The number of ether oxygens (including phenoxy) is 2. The van der Waals surface area contributed by atoms with Gasteiger partial charge in [-0.25, -0.2) is 0 Å². The number of ketones is 1. The van der Waals surface area contributed by atoms with E-state index >= 15 is 0 Å². The predicted octanol–water partition coefficient (Wildman–Crippen LogP) is 4.25. The van der Waals surface area contributed by atoms with E-state index in [0.29, 0.717) is 36.6 Å². The van der Waals surface area contributed by atoms with Crippen molar-refractivity contribution in [2.75, 3.05) is 19.8 Å². The van der Waals surface area contributed by atoms with Crippen LogP contribution in [0.25, 0.3) is 0 Å². The summed E-state index contributed by atoms with van der Waals surface area (Å²) in [4.78, 5) is 28.0. The van der Waals surface area contributed by atoms with Gasteiger partial charge in [0.05, 0.1) is 29.2 Å². The van der Waals surface area contributed by atoms with Crippen LogP contribution in [0, 0.1) is 0 Å². The maximum absolute atomic E-state index is 13.2. The van der Waals surface area contributed by atoms with Crippen molar-refractivity contribution >= 4 is 23.0 Å². The second-order valence-corrected chi connectivity index (χ2v) is 8.35. The van der Waals surface area contributed by atoms with Crippen LogP contribution < -0.4 is 4.74 Å². The maximum atomic E-state index is 13.2. The molecule has 1 aliphatic heterocycles. The van der Waals surface area contributed by atoms with Gasteiger partial charge in [0.1, 0.15) is 0 Å². The van der Waals surface area contributed by atoms with Crippen LogP contribution in [0.2, 0.25) is 0 Å². The molecule has 0 saturated heterocycles. The first-order chi connectivity index (χ1) is 14.8. The number of hydrogen-bond donors (Lipinski definition) is 2. The summed E-state index contributed by atoms with van der Waals surface area (Å²) in [6, 6.07) is 7.32. The smallest absolute Gasteiger partial charge is 0.290 e. The molecule has 1 aromatic carbocycles. The summed E-state index contributed by atoms with van der Waals surface area (Å²) < 4.78 is 11.1. The van der Waals surface area contributed by atoms with E-state index in [-0.39, 0.29) is 23.2 Å². The second-order valence-electron chi connectivity index (χ2n) is 7.40. The molecular weight excluding hydrogens is 418 g/mol. The van der Waals surface area contributed by atoms with Gasteiger partial charge in [0.25, 0.3) is 5.91 Å². The number of amides is 1. The number of benzene rings is 1. The highest BCUT2D eigenvalue weighted by atomic mass is 32.1. The molecular formula is C23H27NO6S. The fourth-order valence-corrected chi connectivity index (χ4v) is 4.21. The van der Waals surface area contributed by atoms with Gasteiger partial charge in [-0.2, -0.15) is 0 Å². The number of rotatable bonds is 10. The predicted molar refractivity (Wildman–Crippen MR) is 118 cm³/mol. The van der Waals surface area contributed by atoms with Crippen molar-refractivity contribution in [2.24, 2.45) is 0 Å². The number of aliphatic hydroxyl groups excluding tert-OH is 1. The van der Waals surface area contributed by atoms with Crippen LogP contribution in [0.15, 0.2) is 47.0 Å². The number of aromatic hydroxyl groups is 1. The quantitative estimate of drug-likeness (QED) is 0.419. The number of Topliss-reactive ketones (excluding diaryl/α,β-unsaturated/α-hetero) is 1. The maximum Gasteiger partial charge on any atom is 0.290 e. The largest absolute Gasteiger partial charge is 0.504 e. The van der Waals surface area contributed by atoms with Crippen LogP contribution in [-0.2, 0) is 9.53 Å². The number of thiophene rings is 1. The van der Waals surface area contributed by atoms with Crippen molar-refractivity contribution in [1.82, 2.24) is 4.90 Å². The van der Waals surface area contributed by atoms with Gasteiger partial charge in [-0.1, -0.05) is 12.1 Å². The monoisotopic (exact) mass is 445 g/mol. The van der Waals surface area contributed by atoms with Gasteiger partial charge >= 0.3 is 0 Å². The molecule has 0 bridgehead atoms. The number of phenols is 1. The van der Waals surface area contributed by atoms with E-state index in [4.69, 9.17) is 9.47 Å². The highest BCUT2D eigenvalue weighted by Crippen LogP contribution is 2.41. The molecule has 31 heavy (non-hydrogen) atoms. The third-order valence-electron chi connectivity index (χ3n) is 4.89. The number of aliphatic hydroxyl groups is 1. The average molecular weight is 446 g/mol. The first-order valence-electron chi connectivity index (χ1n) is 10.2. The van der Waals surface area contributed by atoms with Crippen molar-refractivity contribution in [3.63, 3.8) is 0 Å². The van der Waals surface area contributed by atoms with E-state index in [1.165, 1.54) is 22.3 Å². The topological polar surface area (TPSA) is 96.3 Å². The first-order valence-corrected chi connectivity index (χ1v) is 11.1. The summed E-state index contributed by atoms with van der Waals surface area (Å²) in [5, 5.41) is 22.5. The van der Waals surface area contributed by atoms with E-state index < -0.39 is 23.5 Å². The number of carbonyl (C=O) groups is 2. The van der Waals surface area contributed by atoms with Crippen molar-refractivity contribution in [3.05, 3.63) is 57.5 Å². The standard InChI is InChI=1S/C23H27NO6S/c1-4-29-17-13-15(8-9-16(17)25)20-19(21(26)18-7-5-12-31-18)22(27)23(28)24(20)10-6-11-30-14(2)3/h5,7-9,12-14,20,25,27H,4,6,10-11H2,1-3H3/t20-/m1/s1. The first kappa shape index (κ1) is 22.8. The lowest BCUT2D eigenvalue weighted by Crippen LogP contribution is -2.32. The Morgan fingerprint density at radius 2 is 2.03 bits per heavy atom. The minimum absolute atomic E-state index is 0.0327. The van der Waals surface area contributed by atoms with Crippen LogP contribution in [-0.4, -0.2) is 52.7 Å². The Bertz CT molecular complexity index is 966. The molecule has 1 aromatic heterocycles. The van der Waals surface area contributed by atoms with Crippen LogP contribution in [0.4, 0.5) is 0 Å². The summed E-state index contributed by atoms with van der Waals surface area (Å²) in [5.74, 6) is -1.31. The van der Waals surface area contributed by atoms with Crippen molar-refractivity contribution in [2.45, 2.75) is 39.3 Å². The van der Waals surface area contributed by atoms with Crippen LogP contribution in [0.5, 0.6) is 11.5 Å². The van der Waals surface area contributed by atoms with Gasteiger partial charge in [-0.3, -0.25) is 9.59 Å². The van der Waals surface area contributed by atoms with Crippen LogP contribution in [0.3, 0.4) is 0 Å². The molecule has 8 heteroatoms. The highest BCUT2D eigenvalue weighted by Gasteiger charge is 2.44. The van der Waals surface area contributed by atoms with Gasteiger partial charge in [0, 0.05) is 13.2 Å². The van der Waals surface area contributed by atoms with E-state index in [1.807, 2.05) is 13.8 Å². The Balaban J connectivity index is 1.99. The fraction of sp³-hybridized carbons (Fsp3) is 0.391. The zero-order valence-electron chi connectivity index (χ0n) is 17.8. The third kappa shape index (κ3) is 4.91. The number of nitrogens with zero attached hydrogens (tertiary/aromatic N) is 1. The zero-order chi connectivity index (χ0) is 22.5. The summed E-state index contributed by atoms with van der Waals surface area (Å²) in [5.41, 5.74) is 0.605. The molecule has 0 fully saturated rings. The zero-order valence-corrected chi connectivity index (χ0v) is 18.6. The van der Waals surface area contributed by atoms with Crippen LogP contribution in [0.1, 0.15) is 48.5 Å². The van der Waals surface area contributed by atoms with Crippen molar-refractivity contribution < 1.29 is 29.3 Å². The molecule has 1 aliphatic rings. The SMILES string of the molecule is CCOc1cc([C@@H]2C(C(=O)c3cccs3)=C(O)C(=O)N2CCCOC(C)C)ccc1O. The fourth-order valence-electron chi connectivity index (χ4n) is 3.53. The molecule has 2 aromatic rings. The van der Waals surface area contributed by atoms with E-state index in [9.17, 15) is 19.8 Å². The molecule has 0 radical (unpaired) electrons.